The predicted octanol–water partition coefficient (Wildman–Crippen LogP) is 2.30. The largest absolute Gasteiger partial charge is 0.357 e. The third-order valence-corrected chi connectivity index (χ3v) is 3.80. The van der Waals surface area contributed by atoms with E-state index in [1.807, 2.05) is 26.1 Å². The van der Waals surface area contributed by atoms with Crippen molar-refractivity contribution < 1.29 is 0 Å². The van der Waals surface area contributed by atoms with Gasteiger partial charge in [0, 0.05) is 32.4 Å². The topological polar surface area (TPSA) is 28.2 Å². The summed E-state index contributed by atoms with van der Waals surface area (Å²) in [4.78, 5) is 6.81. The van der Waals surface area contributed by atoms with Gasteiger partial charge in [-0.2, -0.15) is 0 Å². The highest BCUT2D eigenvalue weighted by Crippen LogP contribution is 2.35. The SMILES string of the molecule is CC.c1ccc(N2CCC3(CC2)CNC3)nc1. The van der Waals surface area contributed by atoms with Crippen molar-refractivity contribution in [3.8, 4) is 0 Å². The summed E-state index contributed by atoms with van der Waals surface area (Å²) in [6, 6.07) is 6.15. The van der Waals surface area contributed by atoms with Crippen LogP contribution in [0.4, 0.5) is 5.82 Å². The zero-order chi connectivity index (χ0) is 12.1. The van der Waals surface area contributed by atoms with Crippen molar-refractivity contribution in [1.29, 1.82) is 0 Å². The van der Waals surface area contributed by atoms with Gasteiger partial charge in [0.1, 0.15) is 5.82 Å². The van der Waals surface area contributed by atoms with E-state index in [1.54, 1.807) is 0 Å². The lowest BCUT2D eigenvalue weighted by atomic mass is 9.73. The molecule has 0 unspecified atom stereocenters. The fraction of sp³-hybridized carbons (Fsp3) is 0.643. The smallest absolute Gasteiger partial charge is 0.128 e. The minimum Gasteiger partial charge on any atom is -0.357 e. The van der Waals surface area contributed by atoms with Crippen LogP contribution in [-0.4, -0.2) is 31.2 Å². The molecule has 1 aromatic rings. The summed E-state index contributed by atoms with van der Waals surface area (Å²) < 4.78 is 0. The average Bonchev–Trinajstić information content (AvgIpc) is 2.40. The van der Waals surface area contributed by atoms with Crippen LogP contribution in [0.1, 0.15) is 26.7 Å². The molecule has 1 aromatic heterocycles. The molecule has 2 fully saturated rings. The number of rotatable bonds is 1. The summed E-state index contributed by atoms with van der Waals surface area (Å²) in [6.07, 6.45) is 4.51. The van der Waals surface area contributed by atoms with Crippen molar-refractivity contribution in [3.63, 3.8) is 0 Å². The average molecular weight is 233 g/mol. The highest BCUT2D eigenvalue weighted by atomic mass is 15.2. The van der Waals surface area contributed by atoms with E-state index in [-0.39, 0.29) is 0 Å². The maximum Gasteiger partial charge on any atom is 0.128 e. The van der Waals surface area contributed by atoms with E-state index < -0.39 is 0 Å². The maximum atomic E-state index is 4.40. The van der Waals surface area contributed by atoms with E-state index in [4.69, 9.17) is 0 Å². The number of aromatic nitrogens is 1. The first-order chi connectivity index (χ1) is 8.38. The van der Waals surface area contributed by atoms with Gasteiger partial charge >= 0.3 is 0 Å². The lowest BCUT2D eigenvalue weighted by molar-refractivity contribution is 0.126. The second-order valence-corrected chi connectivity index (χ2v) is 4.78. The molecule has 2 aliphatic rings. The molecule has 0 aliphatic carbocycles. The van der Waals surface area contributed by atoms with E-state index >= 15 is 0 Å². The molecule has 2 saturated heterocycles. The van der Waals surface area contributed by atoms with Crippen LogP contribution in [0.3, 0.4) is 0 Å². The fourth-order valence-electron chi connectivity index (χ4n) is 2.58. The fourth-order valence-corrected chi connectivity index (χ4v) is 2.58. The van der Waals surface area contributed by atoms with Crippen molar-refractivity contribution in [1.82, 2.24) is 10.3 Å². The number of nitrogens with one attached hydrogen (secondary N) is 1. The molecular weight excluding hydrogens is 210 g/mol. The Balaban J connectivity index is 0.000000514. The Kier molecular flexibility index (Phi) is 4.00. The molecule has 0 radical (unpaired) electrons. The zero-order valence-corrected chi connectivity index (χ0v) is 10.9. The molecule has 17 heavy (non-hydrogen) atoms. The first-order valence-electron chi connectivity index (χ1n) is 6.75. The van der Waals surface area contributed by atoms with Crippen LogP contribution in [0.25, 0.3) is 0 Å². The van der Waals surface area contributed by atoms with E-state index in [2.05, 4.69) is 27.3 Å². The minimum absolute atomic E-state index is 0.630. The van der Waals surface area contributed by atoms with Crippen molar-refractivity contribution in [2.75, 3.05) is 31.1 Å². The Morgan fingerprint density at radius 2 is 1.88 bits per heavy atom. The number of anilines is 1. The van der Waals surface area contributed by atoms with Gasteiger partial charge in [-0.05, 0) is 30.4 Å². The third-order valence-electron chi connectivity index (χ3n) is 3.80. The van der Waals surface area contributed by atoms with Crippen molar-refractivity contribution in [2.24, 2.45) is 5.41 Å². The Morgan fingerprint density at radius 1 is 1.18 bits per heavy atom. The standard InChI is InChI=1S/C12H17N3.C2H6/c1-2-6-14-11(3-1)15-7-4-12(5-8-15)9-13-10-12;1-2/h1-3,6,13H,4-5,7-10H2;1-2H3. The molecule has 1 spiro atoms. The molecule has 3 nitrogen and oxygen atoms in total. The zero-order valence-electron chi connectivity index (χ0n) is 10.9. The predicted molar refractivity (Wildman–Crippen MR) is 72.3 cm³/mol. The van der Waals surface area contributed by atoms with Crippen LogP contribution in [0.2, 0.25) is 0 Å². The van der Waals surface area contributed by atoms with Gasteiger partial charge < -0.3 is 10.2 Å². The van der Waals surface area contributed by atoms with E-state index in [9.17, 15) is 0 Å². The van der Waals surface area contributed by atoms with Gasteiger partial charge in [0.05, 0.1) is 0 Å². The molecule has 94 valence electrons. The molecule has 0 atom stereocenters. The van der Waals surface area contributed by atoms with Gasteiger partial charge in [-0.3, -0.25) is 0 Å². The Labute approximate surface area is 104 Å². The summed E-state index contributed by atoms with van der Waals surface area (Å²) in [5.74, 6) is 1.14. The van der Waals surface area contributed by atoms with Gasteiger partial charge in [0.2, 0.25) is 0 Å². The van der Waals surface area contributed by atoms with Crippen molar-refractivity contribution in [3.05, 3.63) is 24.4 Å². The third kappa shape index (κ3) is 2.60. The van der Waals surface area contributed by atoms with Gasteiger partial charge in [-0.25, -0.2) is 4.98 Å². The Hall–Kier alpha value is -1.09. The molecule has 3 heteroatoms. The van der Waals surface area contributed by atoms with Crippen molar-refractivity contribution >= 4 is 5.82 Å². The summed E-state index contributed by atoms with van der Waals surface area (Å²) in [6.45, 7) is 8.78. The molecule has 0 bridgehead atoms. The second kappa shape index (κ2) is 5.50. The summed E-state index contributed by atoms with van der Waals surface area (Å²) in [5.41, 5.74) is 0.630. The van der Waals surface area contributed by atoms with Gasteiger partial charge in [-0.15, -0.1) is 0 Å². The van der Waals surface area contributed by atoms with Gasteiger partial charge in [0.15, 0.2) is 0 Å². The van der Waals surface area contributed by atoms with Crippen LogP contribution < -0.4 is 10.2 Å². The lowest BCUT2D eigenvalue weighted by Crippen LogP contribution is -2.58. The Morgan fingerprint density at radius 3 is 2.35 bits per heavy atom. The van der Waals surface area contributed by atoms with E-state index in [0.717, 1.165) is 5.82 Å². The van der Waals surface area contributed by atoms with Crippen LogP contribution in [-0.2, 0) is 0 Å². The molecule has 2 aliphatic heterocycles. The van der Waals surface area contributed by atoms with Gasteiger partial charge in [-0.1, -0.05) is 19.9 Å². The molecule has 3 rings (SSSR count). The van der Waals surface area contributed by atoms with E-state index in [0.29, 0.717) is 5.41 Å². The molecule has 1 N–H and O–H groups in total. The monoisotopic (exact) mass is 233 g/mol. The number of hydrogen-bond acceptors (Lipinski definition) is 3. The number of hydrogen-bond donors (Lipinski definition) is 1. The first kappa shape index (κ1) is 12.4. The first-order valence-corrected chi connectivity index (χ1v) is 6.75. The molecule has 0 amide bonds. The number of piperidine rings is 1. The molecule has 3 heterocycles. The van der Waals surface area contributed by atoms with Gasteiger partial charge in [0.25, 0.3) is 0 Å². The summed E-state index contributed by atoms with van der Waals surface area (Å²) in [7, 11) is 0. The van der Waals surface area contributed by atoms with Crippen molar-refractivity contribution in [2.45, 2.75) is 26.7 Å². The normalized spacial score (nSPS) is 21.4. The summed E-state index contributed by atoms with van der Waals surface area (Å²) >= 11 is 0. The lowest BCUT2D eigenvalue weighted by Gasteiger charge is -2.48. The maximum absolute atomic E-state index is 4.40. The highest BCUT2D eigenvalue weighted by molar-refractivity contribution is 5.38. The molecular formula is C14H23N3. The summed E-state index contributed by atoms with van der Waals surface area (Å²) in [5, 5.41) is 3.39. The molecule has 0 saturated carbocycles. The quantitative estimate of drug-likeness (QED) is 0.806. The highest BCUT2D eigenvalue weighted by Gasteiger charge is 2.39. The van der Waals surface area contributed by atoms with E-state index in [1.165, 1.54) is 39.0 Å². The van der Waals surface area contributed by atoms with Crippen LogP contribution in [0.5, 0.6) is 0 Å². The van der Waals surface area contributed by atoms with Crippen LogP contribution >= 0.6 is 0 Å². The van der Waals surface area contributed by atoms with Crippen LogP contribution in [0.15, 0.2) is 24.4 Å². The number of pyridine rings is 1. The van der Waals surface area contributed by atoms with Crippen LogP contribution in [0, 0.1) is 5.41 Å². The molecule has 0 aromatic carbocycles. The number of nitrogens with zero attached hydrogens (tertiary/aromatic N) is 2. The second-order valence-electron chi connectivity index (χ2n) is 4.78. The minimum atomic E-state index is 0.630. The Bertz CT molecular complexity index is 323.